The maximum absolute atomic E-state index is 2.46. The van der Waals surface area contributed by atoms with Crippen LogP contribution in [0.15, 0.2) is 0 Å². The van der Waals surface area contributed by atoms with Crippen LogP contribution in [0.2, 0.25) is 0 Å². The molecular formula is C12H25N. The third kappa shape index (κ3) is 4.12. The molecule has 0 aromatic rings. The van der Waals surface area contributed by atoms with Gasteiger partial charge in [0.2, 0.25) is 0 Å². The van der Waals surface area contributed by atoms with Crippen LogP contribution < -0.4 is 0 Å². The molecule has 0 heterocycles. The van der Waals surface area contributed by atoms with E-state index in [0.717, 1.165) is 11.8 Å². The molecule has 0 aliphatic heterocycles. The molecule has 0 saturated heterocycles. The Morgan fingerprint density at radius 1 is 1.23 bits per heavy atom. The van der Waals surface area contributed by atoms with Gasteiger partial charge in [0.05, 0.1) is 0 Å². The first-order valence-electron chi connectivity index (χ1n) is 5.91. The van der Waals surface area contributed by atoms with Crippen molar-refractivity contribution in [3.05, 3.63) is 0 Å². The highest BCUT2D eigenvalue weighted by Gasteiger charge is 2.17. The van der Waals surface area contributed by atoms with E-state index in [1.165, 1.54) is 45.2 Å². The van der Waals surface area contributed by atoms with Gasteiger partial charge in [0.25, 0.3) is 0 Å². The van der Waals surface area contributed by atoms with Gasteiger partial charge < -0.3 is 4.90 Å². The largest absolute Gasteiger partial charge is 0.306 e. The first-order chi connectivity index (χ1) is 6.22. The summed E-state index contributed by atoms with van der Waals surface area (Å²) in [6.45, 7) is 7.19. The van der Waals surface area contributed by atoms with Crippen LogP contribution in [-0.2, 0) is 0 Å². The fourth-order valence-electron chi connectivity index (χ4n) is 2.47. The maximum Gasteiger partial charge on any atom is 0.000659 e. The Kier molecular flexibility index (Phi) is 4.79. The molecule has 1 nitrogen and oxygen atoms in total. The molecule has 1 saturated carbocycles. The van der Waals surface area contributed by atoms with Gasteiger partial charge in [-0.15, -0.1) is 0 Å². The smallest absolute Gasteiger partial charge is 0.000659 e. The molecule has 2 atom stereocenters. The molecule has 1 heteroatoms. The number of hydrogen-bond acceptors (Lipinski definition) is 1. The maximum atomic E-state index is 2.46. The summed E-state index contributed by atoms with van der Waals surface area (Å²) in [4.78, 5) is 2.46. The van der Waals surface area contributed by atoms with Gasteiger partial charge in [-0.25, -0.2) is 0 Å². The van der Waals surface area contributed by atoms with Crippen molar-refractivity contribution >= 4 is 0 Å². The summed E-state index contributed by atoms with van der Waals surface area (Å²) in [6.07, 6.45) is 7.32. The number of hydrogen-bond donors (Lipinski definition) is 0. The van der Waals surface area contributed by atoms with Gasteiger partial charge in [-0.2, -0.15) is 0 Å². The average Bonchev–Trinajstić information content (AvgIpc) is 2.30. The zero-order chi connectivity index (χ0) is 9.68. The van der Waals surface area contributed by atoms with Crippen molar-refractivity contribution < 1.29 is 0 Å². The Balaban J connectivity index is 2.30. The molecule has 13 heavy (non-hydrogen) atoms. The Bertz CT molecular complexity index is 133. The summed E-state index contributed by atoms with van der Waals surface area (Å²) >= 11 is 0. The molecule has 0 N–H and O–H groups in total. The lowest BCUT2D eigenvalue weighted by Gasteiger charge is -2.23. The molecule has 1 fully saturated rings. The van der Waals surface area contributed by atoms with Gasteiger partial charge in [0.15, 0.2) is 0 Å². The van der Waals surface area contributed by atoms with E-state index in [-0.39, 0.29) is 0 Å². The van der Waals surface area contributed by atoms with Gasteiger partial charge in [-0.3, -0.25) is 0 Å². The van der Waals surface area contributed by atoms with Crippen LogP contribution >= 0.6 is 0 Å². The SMILES string of the molecule is CCN(C)CC1CCCCC(C)C1. The third-order valence-corrected chi connectivity index (χ3v) is 3.40. The summed E-state index contributed by atoms with van der Waals surface area (Å²) in [5.41, 5.74) is 0. The highest BCUT2D eigenvalue weighted by Crippen LogP contribution is 2.27. The van der Waals surface area contributed by atoms with Crippen molar-refractivity contribution in [3.8, 4) is 0 Å². The summed E-state index contributed by atoms with van der Waals surface area (Å²) in [5.74, 6) is 1.94. The van der Waals surface area contributed by atoms with E-state index >= 15 is 0 Å². The van der Waals surface area contributed by atoms with Gasteiger partial charge in [0, 0.05) is 6.54 Å². The van der Waals surface area contributed by atoms with Crippen LogP contribution in [0.25, 0.3) is 0 Å². The summed E-state index contributed by atoms with van der Waals surface area (Å²) in [5, 5.41) is 0. The van der Waals surface area contributed by atoms with Crippen LogP contribution in [-0.4, -0.2) is 25.0 Å². The van der Waals surface area contributed by atoms with Crippen LogP contribution in [0.5, 0.6) is 0 Å². The van der Waals surface area contributed by atoms with Crippen molar-refractivity contribution in [2.24, 2.45) is 11.8 Å². The number of nitrogens with zero attached hydrogens (tertiary/aromatic N) is 1. The zero-order valence-corrected chi connectivity index (χ0v) is 9.55. The Hall–Kier alpha value is -0.0400. The Labute approximate surface area is 83.5 Å². The third-order valence-electron chi connectivity index (χ3n) is 3.40. The average molecular weight is 183 g/mol. The molecule has 78 valence electrons. The lowest BCUT2D eigenvalue weighted by molar-refractivity contribution is 0.257. The molecule has 0 aromatic carbocycles. The molecule has 0 radical (unpaired) electrons. The first-order valence-corrected chi connectivity index (χ1v) is 5.91. The minimum Gasteiger partial charge on any atom is -0.306 e. The molecule has 2 unspecified atom stereocenters. The van der Waals surface area contributed by atoms with Gasteiger partial charge in [0.1, 0.15) is 0 Å². The molecule has 0 spiro atoms. The van der Waals surface area contributed by atoms with E-state index in [1.807, 2.05) is 0 Å². The second-order valence-electron chi connectivity index (χ2n) is 4.85. The molecule has 0 bridgehead atoms. The molecule has 1 aliphatic rings. The second kappa shape index (κ2) is 5.64. The lowest BCUT2D eigenvalue weighted by Crippen LogP contribution is -2.25. The van der Waals surface area contributed by atoms with Crippen LogP contribution in [0, 0.1) is 11.8 Å². The Morgan fingerprint density at radius 2 is 1.92 bits per heavy atom. The standard InChI is InChI=1S/C12H25N/c1-4-13(3)10-12-8-6-5-7-11(2)9-12/h11-12H,4-10H2,1-3H3. The van der Waals surface area contributed by atoms with Crippen molar-refractivity contribution in [1.82, 2.24) is 4.90 Å². The molecule has 1 rings (SSSR count). The second-order valence-corrected chi connectivity index (χ2v) is 4.85. The van der Waals surface area contributed by atoms with Gasteiger partial charge in [-0.05, 0) is 38.3 Å². The van der Waals surface area contributed by atoms with Crippen LogP contribution in [0.3, 0.4) is 0 Å². The molecule has 1 aliphatic carbocycles. The van der Waals surface area contributed by atoms with Crippen molar-refractivity contribution in [3.63, 3.8) is 0 Å². The fraction of sp³-hybridized carbons (Fsp3) is 1.00. The zero-order valence-electron chi connectivity index (χ0n) is 9.55. The van der Waals surface area contributed by atoms with E-state index in [2.05, 4.69) is 25.8 Å². The normalized spacial score (nSPS) is 30.5. The predicted molar refractivity (Wildman–Crippen MR) is 58.9 cm³/mol. The minimum absolute atomic E-state index is 0.970. The predicted octanol–water partition coefficient (Wildman–Crippen LogP) is 3.15. The molecular weight excluding hydrogens is 158 g/mol. The Morgan fingerprint density at radius 3 is 2.62 bits per heavy atom. The highest BCUT2D eigenvalue weighted by molar-refractivity contribution is 4.71. The van der Waals surface area contributed by atoms with Crippen molar-refractivity contribution in [2.75, 3.05) is 20.1 Å². The molecule has 0 aromatic heterocycles. The fourth-order valence-corrected chi connectivity index (χ4v) is 2.47. The number of rotatable bonds is 3. The van der Waals surface area contributed by atoms with Crippen LogP contribution in [0.1, 0.15) is 46.0 Å². The van der Waals surface area contributed by atoms with Gasteiger partial charge in [-0.1, -0.05) is 33.1 Å². The van der Waals surface area contributed by atoms with E-state index in [0.29, 0.717) is 0 Å². The highest BCUT2D eigenvalue weighted by atomic mass is 15.1. The summed E-state index contributed by atoms with van der Waals surface area (Å²) in [7, 11) is 2.25. The van der Waals surface area contributed by atoms with Crippen molar-refractivity contribution in [1.29, 1.82) is 0 Å². The monoisotopic (exact) mass is 183 g/mol. The first kappa shape index (κ1) is 11.0. The minimum atomic E-state index is 0.970. The van der Waals surface area contributed by atoms with E-state index < -0.39 is 0 Å². The van der Waals surface area contributed by atoms with E-state index in [4.69, 9.17) is 0 Å². The van der Waals surface area contributed by atoms with E-state index in [9.17, 15) is 0 Å². The van der Waals surface area contributed by atoms with Crippen LogP contribution in [0.4, 0.5) is 0 Å². The molecule has 0 amide bonds. The topological polar surface area (TPSA) is 3.24 Å². The van der Waals surface area contributed by atoms with Gasteiger partial charge >= 0.3 is 0 Å². The summed E-state index contributed by atoms with van der Waals surface area (Å²) in [6, 6.07) is 0. The lowest BCUT2D eigenvalue weighted by atomic mass is 9.94. The quantitative estimate of drug-likeness (QED) is 0.608. The van der Waals surface area contributed by atoms with E-state index in [1.54, 1.807) is 0 Å². The van der Waals surface area contributed by atoms with Crippen molar-refractivity contribution in [2.45, 2.75) is 46.0 Å². The summed E-state index contributed by atoms with van der Waals surface area (Å²) < 4.78 is 0.